The average Bonchev–Trinajstić information content (AvgIpc) is 2.43. The molecule has 0 bridgehead atoms. The van der Waals surface area contributed by atoms with Crippen molar-refractivity contribution in [3.63, 3.8) is 0 Å². The molecule has 4 N–H and O–H groups in total. The minimum Gasteiger partial charge on any atom is -0.353 e. The van der Waals surface area contributed by atoms with Crippen LogP contribution in [0.1, 0.15) is 26.7 Å². The second-order valence-electron chi connectivity index (χ2n) is 5.28. The Morgan fingerprint density at radius 2 is 2.05 bits per heavy atom. The van der Waals surface area contributed by atoms with Crippen molar-refractivity contribution in [1.82, 2.24) is 10.0 Å². The maximum absolute atomic E-state index is 12.0. The number of carbonyl (C=O) groups excluding carboxylic acids is 1. The van der Waals surface area contributed by atoms with E-state index in [1.54, 1.807) is 19.1 Å². The van der Waals surface area contributed by atoms with Crippen LogP contribution in [0.2, 0.25) is 5.02 Å². The molecule has 0 spiro atoms. The lowest BCUT2D eigenvalue weighted by atomic mass is 9.97. The average molecular weight is 348 g/mol. The highest BCUT2D eigenvalue weighted by Crippen LogP contribution is 2.14. The molecule has 0 fully saturated rings. The minimum absolute atomic E-state index is 0.0722. The molecule has 22 heavy (non-hydrogen) atoms. The van der Waals surface area contributed by atoms with Crippen LogP contribution < -0.4 is 15.8 Å². The molecular weight excluding hydrogens is 326 g/mol. The summed E-state index contributed by atoms with van der Waals surface area (Å²) in [4.78, 5) is 11.9. The van der Waals surface area contributed by atoms with Gasteiger partial charge < -0.3 is 11.1 Å². The molecule has 0 aliphatic carbocycles. The van der Waals surface area contributed by atoms with Gasteiger partial charge in [-0.15, -0.1) is 0 Å². The van der Waals surface area contributed by atoms with Crippen molar-refractivity contribution in [1.29, 1.82) is 0 Å². The minimum atomic E-state index is -3.64. The van der Waals surface area contributed by atoms with Gasteiger partial charge in [-0.1, -0.05) is 31.0 Å². The Kier molecular flexibility index (Phi) is 6.80. The topological polar surface area (TPSA) is 101 Å². The van der Waals surface area contributed by atoms with Crippen LogP contribution in [0.4, 0.5) is 0 Å². The Labute approximate surface area is 136 Å². The summed E-state index contributed by atoms with van der Waals surface area (Å²) in [7, 11) is -3.64. The SMILES string of the molecule is CCCC(C)(N)C(=O)NCCNS(=O)(=O)c1cccc(Cl)c1. The number of nitrogens with two attached hydrogens (primary N) is 1. The first-order valence-corrected chi connectivity index (χ1v) is 8.87. The van der Waals surface area contributed by atoms with E-state index in [0.29, 0.717) is 11.4 Å². The van der Waals surface area contributed by atoms with Crippen LogP contribution in [-0.4, -0.2) is 33.0 Å². The number of rotatable bonds is 8. The van der Waals surface area contributed by atoms with Gasteiger partial charge in [-0.2, -0.15) is 0 Å². The first-order chi connectivity index (χ1) is 10.2. The summed E-state index contributed by atoms with van der Waals surface area (Å²) >= 11 is 5.77. The summed E-state index contributed by atoms with van der Waals surface area (Å²) in [5.41, 5.74) is 4.94. The number of hydrogen-bond donors (Lipinski definition) is 3. The van der Waals surface area contributed by atoms with Crippen LogP contribution in [0.3, 0.4) is 0 Å². The van der Waals surface area contributed by atoms with Gasteiger partial charge in [-0.3, -0.25) is 4.79 Å². The van der Waals surface area contributed by atoms with Gasteiger partial charge in [0.1, 0.15) is 0 Å². The molecule has 0 aliphatic rings. The van der Waals surface area contributed by atoms with Crippen molar-refractivity contribution in [3.05, 3.63) is 29.3 Å². The van der Waals surface area contributed by atoms with Crippen LogP contribution >= 0.6 is 11.6 Å². The third kappa shape index (κ3) is 5.57. The molecular formula is C14H22ClN3O3S. The number of sulfonamides is 1. The number of nitrogens with one attached hydrogen (secondary N) is 2. The Hall–Kier alpha value is -1.15. The molecule has 0 aliphatic heterocycles. The van der Waals surface area contributed by atoms with Crippen molar-refractivity contribution in [2.24, 2.45) is 5.73 Å². The van der Waals surface area contributed by atoms with E-state index in [-0.39, 0.29) is 23.9 Å². The summed E-state index contributed by atoms with van der Waals surface area (Å²) in [6.45, 7) is 3.83. The number of halogens is 1. The van der Waals surface area contributed by atoms with Gasteiger partial charge in [-0.25, -0.2) is 13.1 Å². The van der Waals surface area contributed by atoms with E-state index in [0.717, 1.165) is 6.42 Å². The lowest BCUT2D eigenvalue weighted by Crippen LogP contribution is -2.52. The van der Waals surface area contributed by atoms with Crippen LogP contribution in [0, 0.1) is 0 Å². The fourth-order valence-corrected chi connectivity index (χ4v) is 3.25. The molecule has 0 aromatic heterocycles. The van der Waals surface area contributed by atoms with Gasteiger partial charge in [0.05, 0.1) is 10.4 Å². The zero-order chi connectivity index (χ0) is 16.8. The first-order valence-electron chi connectivity index (χ1n) is 7.01. The van der Waals surface area contributed by atoms with Crippen molar-refractivity contribution in [2.75, 3.05) is 13.1 Å². The molecule has 1 amide bonds. The van der Waals surface area contributed by atoms with E-state index >= 15 is 0 Å². The van der Waals surface area contributed by atoms with E-state index in [1.165, 1.54) is 12.1 Å². The van der Waals surface area contributed by atoms with Gasteiger partial charge in [-0.05, 0) is 31.5 Å². The second-order valence-corrected chi connectivity index (χ2v) is 7.48. The predicted molar refractivity (Wildman–Crippen MR) is 87.2 cm³/mol. The van der Waals surface area contributed by atoms with Gasteiger partial charge in [0, 0.05) is 18.1 Å². The molecule has 1 unspecified atom stereocenters. The van der Waals surface area contributed by atoms with Gasteiger partial charge in [0.25, 0.3) is 0 Å². The molecule has 8 heteroatoms. The van der Waals surface area contributed by atoms with Crippen LogP contribution in [-0.2, 0) is 14.8 Å². The number of benzene rings is 1. The summed E-state index contributed by atoms with van der Waals surface area (Å²) < 4.78 is 26.4. The molecule has 1 aromatic rings. The monoisotopic (exact) mass is 347 g/mol. The molecule has 1 rings (SSSR count). The van der Waals surface area contributed by atoms with E-state index in [1.807, 2.05) is 6.92 Å². The Balaban J connectivity index is 2.49. The highest BCUT2D eigenvalue weighted by molar-refractivity contribution is 7.89. The summed E-state index contributed by atoms with van der Waals surface area (Å²) in [6, 6.07) is 5.96. The quantitative estimate of drug-likeness (QED) is 0.616. The Bertz CT molecular complexity index is 618. The van der Waals surface area contributed by atoms with Gasteiger partial charge in [0.2, 0.25) is 15.9 Å². The highest BCUT2D eigenvalue weighted by Gasteiger charge is 2.26. The largest absolute Gasteiger partial charge is 0.353 e. The van der Waals surface area contributed by atoms with Crippen molar-refractivity contribution in [2.45, 2.75) is 37.1 Å². The normalized spacial score (nSPS) is 14.4. The lowest BCUT2D eigenvalue weighted by molar-refractivity contribution is -0.126. The first kappa shape index (κ1) is 18.9. The van der Waals surface area contributed by atoms with Crippen LogP contribution in [0.5, 0.6) is 0 Å². The molecule has 1 atom stereocenters. The fourth-order valence-electron chi connectivity index (χ4n) is 1.91. The summed E-state index contributed by atoms with van der Waals surface area (Å²) in [5, 5.41) is 2.97. The highest BCUT2D eigenvalue weighted by atomic mass is 35.5. The van der Waals surface area contributed by atoms with E-state index in [9.17, 15) is 13.2 Å². The number of amides is 1. The molecule has 1 aromatic carbocycles. The molecule has 0 heterocycles. The molecule has 0 saturated heterocycles. The molecule has 6 nitrogen and oxygen atoms in total. The predicted octanol–water partition coefficient (Wildman–Crippen LogP) is 1.25. The van der Waals surface area contributed by atoms with E-state index in [4.69, 9.17) is 17.3 Å². The second kappa shape index (κ2) is 7.92. The summed E-state index contributed by atoms with van der Waals surface area (Å²) in [5.74, 6) is -0.295. The fraction of sp³-hybridized carbons (Fsp3) is 0.500. The van der Waals surface area contributed by atoms with E-state index < -0.39 is 15.6 Å². The Morgan fingerprint density at radius 3 is 2.64 bits per heavy atom. The third-order valence-electron chi connectivity index (χ3n) is 3.10. The maximum Gasteiger partial charge on any atom is 0.240 e. The summed E-state index contributed by atoms with van der Waals surface area (Å²) in [6.07, 6.45) is 1.36. The van der Waals surface area contributed by atoms with Crippen LogP contribution in [0.25, 0.3) is 0 Å². The molecule has 0 saturated carbocycles. The van der Waals surface area contributed by atoms with Crippen LogP contribution in [0.15, 0.2) is 29.2 Å². The number of hydrogen-bond acceptors (Lipinski definition) is 4. The third-order valence-corrected chi connectivity index (χ3v) is 4.79. The lowest BCUT2D eigenvalue weighted by Gasteiger charge is -2.22. The maximum atomic E-state index is 12.0. The van der Waals surface area contributed by atoms with E-state index in [2.05, 4.69) is 10.0 Å². The number of carbonyl (C=O) groups is 1. The molecule has 0 radical (unpaired) electrons. The van der Waals surface area contributed by atoms with Gasteiger partial charge in [0.15, 0.2) is 0 Å². The van der Waals surface area contributed by atoms with Gasteiger partial charge >= 0.3 is 0 Å². The standard InChI is InChI=1S/C14H22ClN3O3S/c1-3-7-14(2,16)13(19)17-8-9-18-22(20,21)12-6-4-5-11(15)10-12/h4-6,10,18H,3,7-9,16H2,1-2H3,(H,17,19). The van der Waals surface area contributed by atoms with Crippen molar-refractivity contribution < 1.29 is 13.2 Å². The zero-order valence-electron chi connectivity index (χ0n) is 12.7. The van der Waals surface area contributed by atoms with Crippen molar-refractivity contribution >= 4 is 27.5 Å². The smallest absolute Gasteiger partial charge is 0.240 e. The zero-order valence-corrected chi connectivity index (χ0v) is 14.3. The molecule has 124 valence electrons. The van der Waals surface area contributed by atoms with Crippen molar-refractivity contribution in [3.8, 4) is 0 Å². The Morgan fingerprint density at radius 1 is 1.36 bits per heavy atom.